The Balaban J connectivity index is 3.16. The van der Waals surface area contributed by atoms with E-state index in [1.165, 1.54) is 57.8 Å². The van der Waals surface area contributed by atoms with Crippen LogP contribution in [0.15, 0.2) is 0 Å². The molecule has 0 radical (unpaired) electrons. The van der Waals surface area contributed by atoms with Crippen molar-refractivity contribution >= 4 is 0 Å². The van der Waals surface area contributed by atoms with Crippen molar-refractivity contribution < 1.29 is 5.11 Å². The van der Waals surface area contributed by atoms with Crippen LogP contribution in [0.25, 0.3) is 0 Å². The summed E-state index contributed by atoms with van der Waals surface area (Å²) in [6.07, 6.45) is 14.5. The Hall–Kier alpha value is -0.0800. The Labute approximate surface area is 115 Å². The van der Waals surface area contributed by atoms with E-state index in [-0.39, 0.29) is 0 Å². The Morgan fingerprint density at radius 2 is 1.28 bits per heavy atom. The number of aliphatic hydroxyl groups is 1. The van der Waals surface area contributed by atoms with Crippen molar-refractivity contribution in [3.05, 3.63) is 0 Å². The van der Waals surface area contributed by atoms with E-state index in [0.29, 0.717) is 6.54 Å². The summed E-state index contributed by atoms with van der Waals surface area (Å²) in [5.74, 6) is 0. The Morgan fingerprint density at radius 1 is 0.833 bits per heavy atom. The molecule has 0 aromatic heterocycles. The predicted molar refractivity (Wildman–Crippen MR) is 81.0 cm³/mol. The van der Waals surface area contributed by atoms with E-state index >= 15 is 0 Å². The summed E-state index contributed by atoms with van der Waals surface area (Å²) in [5, 5.41) is 13.0. The van der Waals surface area contributed by atoms with Crippen LogP contribution in [0.2, 0.25) is 0 Å². The first-order valence-electron chi connectivity index (χ1n) is 7.99. The largest absolute Gasteiger partial charge is 0.389 e. The summed E-state index contributed by atoms with van der Waals surface area (Å²) >= 11 is 0. The van der Waals surface area contributed by atoms with Crippen molar-refractivity contribution in [1.29, 1.82) is 0 Å². The van der Waals surface area contributed by atoms with Crippen LogP contribution in [0.3, 0.4) is 0 Å². The topological polar surface area (TPSA) is 32.3 Å². The number of hydrogen-bond acceptors (Lipinski definition) is 2. The molecule has 0 saturated carbocycles. The van der Waals surface area contributed by atoms with Gasteiger partial charge in [-0.25, -0.2) is 0 Å². The third kappa shape index (κ3) is 12.4. The van der Waals surface area contributed by atoms with Gasteiger partial charge in [0.1, 0.15) is 0 Å². The molecular formula is C16H35NO. The van der Waals surface area contributed by atoms with Crippen LogP contribution in [0.4, 0.5) is 0 Å². The zero-order valence-corrected chi connectivity index (χ0v) is 12.9. The molecule has 2 nitrogen and oxygen atoms in total. The second-order valence-electron chi connectivity index (χ2n) is 5.96. The third-order valence-electron chi connectivity index (χ3n) is 3.63. The molecule has 0 aliphatic carbocycles. The number of likely N-dealkylation sites (N-methyl/N-ethyl adjacent to an activating group) is 1. The smallest absolute Gasteiger partial charge is 0.0743 e. The van der Waals surface area contributed by atoms with Gasteiger partial charge in [-0.2, -0.15) is 0 Å². The minimum atomic E-state index is -0.519. The van der Waals surface area contributed by atoms with E-state index in [1.807, 2.05) is 14.0 Å². The molecule has 0 spiro atoms. The maximum atomic E-state index is 9.98. The molecule has 0 aromatic carbocycles. The van der Waals surface area contributed by atoms with Crippen molar-refractivity contribution in [2.75, 3.05) is 13.6 Å². The molecule has 0 bridgehead atoms. The van der Waals surface area contributed by atoms with Crippen LogP contribution < -0.4 is 5.32 Å². The molecule has 0 aliphatic heterocycles. The van der Waals surface area contributed by atoms with Crippen molar-refractivity contribution in [3.63, 3.8) is 0 Å². The van der Waals surface area contributed by atoms with Crippen molar-refractivity contribution in [2.45, 2.75) is 90.1 Å². The summed E-state index contributed by atoms with van der Waals surface area (Å²) in [6.45, 7) is 4.89. The fraction of sp³-hybridized carbons (Fsp3) is 1.00. The van der Waals surface area contributed by atoms with E-state index in [4.69, 9.17) is 0 Å². The summed E-state index contributed by atoms with van der Waals surface area (Å²) in [5.41, 5.74) is -0.519. The molecule has 110 valence electrons. The molecule has 0 aromatic rings. The standard InChI is InChI=1S/C16H35NO/c1-4-5-6-7-8-9-10-11-12-13-14-16(2,18)15-17-3/h17-18H,4-15H2,1-3H3. The number of rotatable bonds is 13. The quantitative estimate of drug-likeness (QED) is 0.483. The summed E-state index contributed by atoms with van der Waals surface area (Å²) in [6, 6.07) is 0. The van der Waals surface area contributed by atoms with Crippen LogP contribution in [-0.4, -0.2) is 24.3 Å². The Kier molecular flexibility index (Phi) is 11.9. The average molecular weight is 257 g/mol. The van der Waals surface area contributed by atoms with Gasteiger partial charge < -0.3 is 10.4 Å². The molecule has 0 fully saturated rings. The van der Waals surface area contributed by atoms with Gasteiger partial charge in [0.15, 0.2) is 0 Å². The highest BCUT2D eigenvalue weighted by molar-refractivity contribution is 4.74. The van der Waals surface area contributed by atoms with Crippen LogP contribution in [-0.2, 0) is 0 Å². The summed E-state index contributed by atoms with van der Waals surface area (Å²) in [4.78, 5) is 0. The lowest BCUT2D eigenvalue weighted by Gasteiger charge is -2.22. The van der Waals surface area contributed by atoms with Crippen LogP contribution in [0, 0.1) is 0 Å². The van der Waals surface area contributed by atoms with E-state index in [9.17, 15) is 5.11 Å². The van der Waals surface area contributed by atoms with E-state index < -0.39 is 5.60 Å². The molecule has 0 amide bonds. The van der Waals surface area contributed by atoms with Crippen molar-refractivity contribution in [2.24, 2.45) is 0 Å². The first kappa shape index (κ1) is 17.9. The molecule has 2 N–H and O–H groups in total. The second-order valence-corrected chi connectivity index (χ2v) is 5.96. The van der Waals surface area contributed by atoms with Crippen molar-refractivity contribution in [1.82, 2.24) is 5.32 Å². The van der Waals surface area contributed by atoms with Gasteiger partial charge in [0.05, 0.1) is 5.60 Å². The highest BCUT2D eigenvalue weighted by Crippen LogP contribution is 2.16. The van der Waals surface area contributed by atoms with Gasteiger partial charge in [-0.15, -0.1) is 0 Å². The predicted octanol–water partition coefficient (Wildman–Crippen LogP) is 4.27. The molecule has 18 heavy (non-hydrogen) atoms. The lowest BCUT2D eigenvalue weighted by atomic mass is 9.97. The van der Waals surface area contributed by atoms with Gasteiger partial charge in [0.2, 0.25) is 0 Å². The van der Waals surface area contributed by atoms with Crippen LogP contribution in [0.1, 0.15) is 84.5 Å². The maximum absolute atomic E-state index is 9.98. The van der Waals surface area contributed by atoms with Gasteiger partial charge in [0.25, 0.3) is 0 Å². The molecule has 0 saturated heterocycles. The second kappa shape index (κ2) is 12.0. The molecule has 1 atom stereocenters. The fourth-order valence-corrected chi connectivity index (χ4v) is 2.46. The summed E-state index contributed by atoms with van der Waals surface area (Å²) in [7, 11) is 1.90. The fourth-order valence-electron chi connectivity index (χ4n) is 2.46. The lowest BCUT2D eigenvalue weighted by Crippen LogP contribution is -2.35. The van der Waals surface area contributed by atoms with Gasteiger partial charge in [0, 0.05) is 6.54 Å². The minimum Gasteiger partial charge on any atom is -0.389 e. The Morgan fingerprint density at radius 3 is 1.72 bits per heavy atom. The minimum absolute atomic E-state index is 0.519. The first-order chi connectivity index (χ1) is 8.62. The first-order valence-corrected chi connectivity index (χ1v) is 7.99. The molecule has 1 unspecified atom stereocenters. The molecule has 2 heteroatoms. The zero-order valence-electron chi connectivity index (χ0n) is 12.9. The number of nitrogens with one attached hydrogen (secondary N) is 1. The number of unbranched alkanes of at least 4 members (excludes halogenated alkanes) is 9. The van der Waals surface area contributed by atoms with Gasteiger partial charge in [-0.3, -0.25) is 0 Å². The van der Waals surface area contributed by atoms with Crippen molar-refractivity contribution in [3.8, 4) is 0 Å². The van der Waals surface area contributed by atoms with Crippen LogP contribution >= 0.6 is 0 Å². The van der Waals surface area contributed by atoms with Crippen LogP contribution in [0.5, 0.6) is 0 Å². The molecule has 0 heterocycles. The number of hydrogen-bond donors (Lipinski definition) is 2. The molecule has 0 rings (SSSR count). The lowest BCUT2D eigenvalue weighted by molar-refractivity contribution is 0.0500. The SMILES string of the molecule is CCCCCCCCCCCCC(C)(O)CNC. The molecular weight excluding hydrogens is 222 g/mol. The van der Waals surface area contributed by atoms with Gasteiger partial charge >= 0.3 is 0 Å². The highest BCUT2D eigenvalue weighted by Gasteiger charge is 2.17. The average Bonchev–Trinajstić information content (AvgIpc) is 2.31. The monoisotopic (exact) mass is 257 g/mol. The van der Waals surface area contributed by atoms with E-state index in [2.05, 4.69) is 12.2 Å². The maximum Gasteiger partial charge on any atom is 0.0743 e. The van der Waals surface area contributed by atoms with E-state index in [1.54, 1.807) is 0 Å². The van der Waals surface area contributed by atoms with E-state index in [0.717, 1.165) is 12.8 Å². The summed E-state index contributed by atoms with van der Waals surface area (Å²) < 4.78 is 0. The normalized spacial score (nSPS) is 14.7. The molecule has 0 aliphatic rings. The Bertz CT molecular complexity index is 168. The van der Waals surface area contributed by atoms with Gasteiger partial charge in [-0.1, -0.05) is 71.1 Å². The highest BCUT2D eigenvalue weighted by atomic mass is 16.3. The van der Waals surface area contributed by atoms with Gasteiger partial charge in [-0.05, 0) is 20.4 Å². The third-order valence-corrected chi connectivity index (χ3v) is 3.63. The zero-order chi connectivity index (χ0) is 13.7.